The third kappa shape index (κ3) is 5.82. The van der Waals surface area contributed by atoms with Gasteiger partial charge in [0.2, 0.25) is 6.10 Å². The molecule has 0 spiro atoms. The molecule has 0 saturated heterocycles. The maximum atomic E-state index is 13.1. The van der Waals surface area contributed by atoms with Crippen LogP contribution < -0.4 is 5.73 Å². The summed E-state index contributed by atoms with van der Waals surface area (Å²) in [6.07, 6.45) is -1.30. The first-order valence-corrected chi connectivity index (χ1v) is 10.0. The van der Waals surface area contributed by atoms with Gasteiger partial charge in [-0.1, -0.05) is 35.9 Å². The molecule has 3 aromatic carbocycles. The number of thioether (sulfide) groups is 1. The molecule has 4 nitrogen and oxygen atoms in total. The second-order valence-corrected chi connectivity index (χ2v) is 7.67. The third-order valence-electron chi connectivity index (χ3n) is 4.04. The number of amides is 1. The highest BCUT2D eigenvalue weighted by atomic mass is 35.5. The molecule has 0 aliphatic rings. The summed E-state index contributed by atoms with van der Waals surface area (Å²) < 4.78 is 18.4. The number of primary amides is 1. The van der Waals surface area contributed by atoms with Crippen LogP contribution in [-0.4, -0.2) is 11.9 Å². The Bertz CT molecular complexity index is 1010. The van der Waals surface area contributed by atoms with Crippen molar-refractivity contribution in [3.8, 4) is 0 Å². The minimum absolute atomic E-state index is 0.299. The molecule has 0 bridgehead atoms. The molecule has 0 heterocycles. The van der Waals surface area contributed by atoms with Crippen molar-refractivity contribution in [3.05, 3.63) is 100 Å². The monoisotopic (exact) mass is 429 g/mol. The molecule has 0 radical (unpaired) electrons. The number of rotatable bonds is 7. The van der Waals surface area contributed by atoms with Gasteiger partial charge in [0.15, 0.2) is 0 Å². The third-order valence-corrected chi connectivity index (χ3v) is 5.37. The summed E-state index contributed by atoms with van der Waals surface area (Å²) in [5.74, 6) is -1.34. The Morgan fingerprint density at radius 1 is 1.03 bits per heavy atom. The van der Waals surface area contributed by atoms with Gasteiger partial charge < -0.3 is 10.5 Å². The first kappa shape index (κ1) is 20.9. The van der Waals surface area contributed by atoms with Gasteiger partial charge in [0, 0.05) is 21.2 Å². The van der Waals surface area contributed by atoms with Crippen LogP contribution >= 0.6 is 23.4 Å². The summed E-state index contributed by atoms with van der Waals surface area (Å²) in [7, 11) is 0. The van der Waals surface area contributed by atoms with Gasteiger partial charge in [-0.3, -0.25) is 4.79 Å². The van der Waals surface area contributed by atoms with Gasteiger partial charge in [-0.05, 0) is 54.1 Å². The van der Waals surface area contributed by atoms with Crippen molar-refractivity contribution in [1.82, 2.24) is 0 Å². The van der Waals surface area contributed by atoms with Crippen LogP contribution in [0.1, 0.15) is 27.6 Å². The summed E-state index contributed by atoms with van der Waals surface area (Å²) in [5, 5.41) is 0.671. The summed E-state index contributed by atoms with van der Waals surface area (Å²) in [6, 6.07) is 19.5. The Labute approximate surface area is 176 Å². The van der Waals surface area contributed by atoms with E-state index in [1.165, 1.54) is 24.3 Å². The molecule has 7 heteroatoms. The van der Waals surface area contributed by atoms with Gasteiger partial charge in [0.1, 0.15) is 5.82 Å². The highest BCUT2D eigenvalue weighted by molar-refractivity contribution is 7.98. The van der Waals surface area contributed by atoms with Crippen LogP contribution in [0.5, 0.6) is 0 Å². The van der Waals surface area contributed by atoms with Crippen LogP contribution in [0.25, 0.3) is 0 Å². The van der Waals surface area contributed by atoms with Crippen LogP contribution in [0, 0.1) is 5.82 Å². The molecular weight excluding hydrogens is 413 g/mol. The number of hydrogen-bond donors (Lipinski definition) is 1. The zero-order valence-corrected chi connectivity index (χ0v) is 16.8. The highest BCUT2D eigenvalue weighted by Gasteiger charge is 2.23. The van der Waals surface area contributed by atoms with E-state index in [1.54, 1.807) is 30.0 Å². The maximum Gasteiger partial charge on any atom is 0.339 e. The lowest BCUT2D eigenvalue weighted by atomic mass is 10.1. The van der Waals surface area contributed by atoms with Crippen molar-refractivity contribution in [2.24, 2.45) is 5.73 Å². The molecule has 0 aliphatic carbocycles. The van der Waals surface area contributed by atoms with Crippen molar-refractivity contribution in [2.45, 2.75) is 16.8 Å². The zero-order chi connectivity index (χ0) is 20.8. The number of carbonyl (C=O) groups excluding carboxylic acids is 2. The summed E-state index contributed by atoms with van der Waals surface area (Å²) in [6.45, 7) is 0. The van der Waals surface area contributed by atoms with Gasteiger partial charge in [-0.25, -0.2) is 9.18 Å². The molecule has 0 aromatic heterocycles. The van der Waals surface area contributed by atoms with E-state index in [2.05, 4.69) is 0 Å². The van der Waals surface area contributed by atoms with Crippen LogP contribution in [0.15, 0.2) is 77.7 Å². The Morgan fingerprint density at radius 3 is 2.38 bits per heavy atom. The van der Waals surface area contributed by atoms with Crippen molar-refractivity contribution in [1.29, 1.82) is 0 Å². The fourth-order valence-corrected chi connectivity index (χ4v) is 3.56. The van der Waals surface area contributed by atoms with Crippen LogP contribution in [-0.2, 0) is 15.3 Å². The van der Waals surface area contributed by atoms with Crippen molar-refractivity contribution in [3.63, 3.8) is 0 Å². The lowest BCUT2D eigenvalue weighted by molar-refractivity contribution is -0.127. The first-order chi connectivity index (χ1) is 13.9. The summed E-state index contributed by atoms with van der Waals surface area (Å²) in [4.78, 5) is 25.3. The Balaban J connectivity index is 1.69. The smallest absolute Gasteiger partial charge is 0.339 e. The van der Waals surface area contributed by atoms with Crippen LogP contribution in [0.4, 0.5) is 4.39 Å². The zero-order valence-electron chi connectivity index (χ0n) is 15.2. The molecule has 1 atom stereocenters. The first-order valence-electron chi connectivity index (χ1n) is 8.65. The molecular formula is C22H17ClFNO3S. The van der Waals surface area contributed by atoms with E-state index < -0.39 is 23.8 Å². The van der Waals surface area contributed by atoms with Crippen LogP contribution in [0.3, 0.4) is 0 Å². The SMILES string of the molecule is NC(=O)C(OC(=O)c1cccc(CSc2ccc(Cl)cc2)c1)c1ccc(F)cc1. The number of hydrogen-bond acceptors (Lipinski definition) is 4. The van der Waals surface area contributed by atoms with E-state index in [1.807, 2.05) is 30.3 Å². The van der Waals surface area contributed by atoms with E-state index in [-0.39, 0.29) is 0 Å². The summed E-state index contributed by atoms with van der Waals surface area (Å²) in [5.41, 5.74) is 6.88. The predicted molar refractivity (Wildman–Crippen MR) is 111 cm³/mol. The maximum absolute atomic E-state index is 13.1. The van der Waals surface area contributed by atoms with E-state index in [0.717, 1.165) is 10.5 Å². The van der Waals surface area contributed by atoms with E-state index in [4.69, 9.17) is 22.1 Å². The minimum Gasteiger partial charge on any atom is -0.444 e. The minimum atomic E-state index is -1.30. The highest BCUT2D eigenvalue weighted by Crippen LogP contribution is 2.25. The van der Waals surface area contributed by atoms with Gasteiger partial charge in [0.05, 0.1) is 5.56 Å². The molecule has 29 heavy (non-hydrogen) atoms. The predicted octanol–water partition coefficient (Wildman–Crippen LogP) is 5.15. The molecule has 148 valence electrons. The Kier molecular flexibility index (Phi) is 6.90. The normalized spacial score (nSPS) is 11.7. The van der Waals surface area contributed by atoms with Gasteiger partial charge in [-0.15, -0.1) is 11.8 Å². The molecule has 0 fully saturated rings. The van der Waals surface area contributed by atoms with E-state index >= 15 is 0 Å². The van der Waals surface area contributed by atoms with E-state index in [9.17, 15) is 14.0 Å². The van der Waals surface area contributed by atoms with E-state index in [0.29, 0.717) is 21.9 Å². The van der Waals surface area contributed by atoms with Crippen molar-refractivity contribution in [2.75, 3.05) is 0 Å². The van der Waals surface area contributed by atoms with Crippen molar-refractivity contribution < 1.29 is 18.7 Å². The van der Waals surface area contributed by atoms with Gasteiger partial charge in [0.25, 0.3) is 5.91 Å². The largest absolute Gasteiger partial charge is 0.444 e. The molecule has 1 amide bonds. The fourth-order valence-electron chi connectivity index (χ4n) is 2.59. The molecule has 2 N–H and O–H groups in total. The number of halogens is 2. The second-order valence-electron chi connectivity index (χ2n) is 6.18. The molecule has 3 rings (SSSR count). The standard InChI is InChI=1S/C22H17ClFNO3S/c23-17-6-10-19(11-7-17)29-13-14-2-1-3-16(12-14)22(27)28-20(21(25)26)15-4-8-18(24)9-5-15/h1-12,20H,13H2,(H2,25,26). The van der Waals surface area contributed by atoms with Crippen LogP contribution in [0.2, 0.25) is 5.02 Å². The molecule has 0 saturated carbocycles. The number of esters is 1. The Hall–Kier alpha value is -2.83. The molecule has 1 unspecified atom stereocenters. The summed E-state index contributed by atoms with van der Waals surface area (Å²) >= 11 is 7.49. The van der Waals surface area contributed by atoms with Crippen molar-refractivity contribution >= 4 is 35.2 Å². The molecule has 0 aliphatic heterocycles. The number of benzene rings is 3. The Morgan fingerprint density at radius 2 is 1.72 bits per heavy atom. The number of nitrogens with two attached hydrogens (primary N) is 1. The lowest BCUT2D eigenvalue weighted by Crippen LogP contribution is -2.26. The number of ether oxygens (including phenoxy) is 1. The fraction of sp³-hybridized carbons (Fsp3) is 0.0909. The van der Waals surface area contributed by atoms with Gasteiger partial charge >= 0.3 is 5.97 Å². The quantitative estimate of drug-likeness (QED) is 0.416. The average Bonchev–Trinajstić information content (AvgIpc) is 2.72. The number of carbonyl (C=O) groups is 2. The second kappa shape index (κ2) is 9.58. The average molecular weight is 430 g/mol. The van der Waals surface area contributed by atoms with Gasteiger partial charge in [-0.2, -0.15) is 0 Å². The lowest BCUT2D eigenvalue weighted by Gasteiger charge is -2.15. The topological polar surface area (TPSA) is 69.4 Å². The molecule has 3 aromatic rings.